The van der Waals surface area contributed by atoms with Gasteiger partial charge < -0.3 is 19.5 Å². The molecule has 1 aromatic carbocycles. The summed E-state index contributed by atoms with van der Waals surface area (Å²) in [6.07, 6.45) is 0. The van der Waals surface area contributed by atoms with Crippen LogP contribution in [-0.4, -0.2) is 27.2 Å². The molecule has 1 amide bonds. The largest absolute Gasteiger partial charge is 0.493 e. The molecule has 6 nitrogen and oxygen atoms in total. The van der Waals surface area contributed by atoms with Gasteiger partial charge in [0.25, 0.3) is 0 Å². The van der Waals surface area contributed by atoms with Gasteiger partial charge in [0.05, 0.1) is 21.3 Å². The third-order valence-corrected chi connectivity index (χ3v) is 2.28. The zero-order chi connectivity index (χ0) is 13.5. The van der Waals surface area contributed by atoms with Crippen molar-refractivity contribution in [3.05, 3.63) is 17.7 Å². The Labute approximate surface area is 105 Å². The number of rotatable bonds is 5. The maximum atomic E-state index is 10.9. The number of benzene rings is 1. The van der Waals surface area contributed by atoms with Gasteiger partial charge in [-0.2, -0.15) is 5.26 Å². The van der Waals surface area contributed by atoms with Crippen LogP contribution in [0, 0.1) is 11.3 Å². The number of nitriles is 1. The van der Waals surface area contributed by atoms with Crippen LogP contribution in [0.25, 0.3) is 0 Å². The van der Waals surface area contributed by atoms with E-state index in [0.717, 1.165) is 5.56 Å². The van der Waals surface area contributed by atoms with Gasteiger partial charge in [-0.1, -0.05) is 0 Å². The molecule has 0 aliphatic rings. The van der Waals surface area contributed by atoms with E-state index in [4.69, 9.17) is 19.5 Å². The first-order chi connectivity index (χ1) is 8.65. The minimum atomic E-state index is -0.691. The number of ether oxygens (including phenoxy) is 3. The molecule has 1 rings (SSSR count). The SMILES string of the molecule is COc1cc(CNC(=O)C#N)cc(OC)c1OC. The van der Waals surface area contributed by atoms with E-state index < -0.39 is 5.91 Å². The van der Waals surface area contributed by atoms with Crippen LogP contribution in [0.4, 0.5) is 0 Å². The highest BCUT2D eigenvalue weighted by molar-refractivity contribution is 5.91. The fourth-order valence-corrected chi connectivity index (χ4v) is 1.46. The fraction of sp³-hybridized carbons (Fsp3) is 0.333. The Morgan fingerprint density at radius 3 is 2.17 bits per heavy atom. The summed E-state index contributed by atoms with van der Waals surface area (Å²) in [6.45, 7) is 0.211. The van der Waals surface area contributed by atoms with Crippen molar-refractivity contribution >= 4 is 5.91 Å². The molecule has 0 spiro atoms. The number of nitrogens with zero attached hydrogens (tertiary/aromatic N) is 1. The van der Waals surface area contributed by atoms with Crippen molar-refractivity contribution in [3.63, 3.8) is 0 Å². The van der Waals surface area contributed by atoms with Crippen molar-refractivity contribution < 1.29 is 19.0 Å². The highest BCUT2D eigenvalue weighted by Crippen LogP contribution is 2.38. The van der Waals surface area contributed by atoms with Crippen LogP contribution in [0.1, 0.15) is 5.56 Å². The van der Waals surface area contributed by atoms with E-state index in [0.29, 0.717) is 17.2 Å². The lowest BCUT2D eigenvalue weighted by atomic mass is 10.2. The first-order valence-corrected chi connectivity index (χ1v) is 5.13. The van der Waals surface area contributed by atoms with Crippen LogP contribution in [0.2, 0.25) is 0 Å². The van der Waals surface area contributed by atoms with Crippen LogP contribution in [0.15, 0.2) is 12.1 Å². The van der Waals surface area contributed by atoms with Crippen LogP contribution in [0.3, 0.4) is 0 Å². The molecule has 0 unspecified atom stereocenters. The first kappa shape index (κ1) is 13.6. The molecule has 0 saturated carbocycles. The fourth-order valence-electron chi connectivity index (χ4n) is 1.46. The average Bonchev–Trinajstić information content (AvgIpc) is 2.43. The molecule has 0 heterocycles. The molecule has 0 aromatic heterocycles. The van der Waals surface area contributed by atoms with Gasteiger partial charge in [0.1, 0.15) is 0 Å². The third-order valence-electron chi connectivity index (χ3n) is 2.28. The minimum Gasteiger partial charge on any atom is -0.493 e. The Bertz CT molecular complexity index is 454. The molecular formula is C12H14N2O4. The van der Waals surface area contributed by atoms with Gasteiger partial charge in [0, 0.05) is 6.54 Å². The van der Waals surface area contributed by atoms with Crippen molar-refractivity contribution in [2.24, 2.45) is 0 Å². The average molecular weight is 250 g/mol. The number of hydrogen-bond donors (Lipinski definition) is 1. The van der Waals surface area contributed by atoms with Crippen molar-refractivity contribution in [2.75, 3.05) is 21.3 Å². The van der Waals surface area contributed by atoms with Crippen LogP contribution >= 0.6 is 0 Å². The van der Waals surface area contributed by atoms with Crippen LogP contribution in [-0.2, 0) is 11.3 Å². The number of nitrogens with one attached hydrogen (secondary N) is 1. The molecular weight excluding hydrogens is 236 g/mol. The number of carbonyl (C=O) groups is 1. The molecule has 0 bridgehead atoms. The minimum absolute atomic E-state index is 0.211. The third kappa shape index (κ3) is 3.04. The predicted octanol–water partition coefficient (Wildman–Crippen LogP) is 0.852. The Hall–Kier alpha value is -2.42. The van der Waals surface area contributed by atoms with Crippen LogP contribution in [0.5, 0.6) is 17.2 Å². The molecule has 96 valence electrons. The second-order valence-electron chi connectivity index (χ2n) is 3.33. The standard InChI is InChI=1S/C12H14N2O4/c1-16-9-4-8(7-14-11(15)6-13)5-10(17-2)12(9)18-3/h4-5H,7H2,1-3H3,(H,14,15). The first-order valence-electron chi connectivity index (χ1n) is 5.13. The Kier molecular flexibility index (Phi) is 4.81. The van der Waals surface area contributed by atoms with Gasteiger partial charge in [0.15, 0.2) is 17.6 Å². The summed E-state index contributed by atoms with van der Waals surface area (Å²) < 4.78 is 15.5. The number of carbonyl (C=O) groups excluding carboxylic acids is 1. The van der Waals surface area contributed by atoms with Crippen molar-refractivity contribution in [3.8, 4) is 23.3 Å². The monoisotopic (exact) mass is 250 g/mol. The topological polar surface area (TPSA) is 80.6 Å². The van der Waals surface area contributed by atoms with Gasteiger partial charge in [-0.15, -0.1) is 0 Å². The highest BCUT2D eigenvalue weighted by atomic mass is 16.5. The van der Waals surface area contributed by atoms with E-state index in [9.17, 15) is 4.79 Å². The molecule has 1 N–H and O–H groups in total. The summed E-state index contributed by atoms with van der Waals surface area (Å²) in [6, 6.07) is 4.89. The number of hydrogen-bond acceptors (Lipinski definition) is 5. The summed E-state index contributed by atoms with van der Waals surface area (Å²) in [5.41, 5.74) is 0.744. The number of methoxy groups -OCH3 is 3. The van der Waals surface area contributed by atoms with Gasteiger partial charge in [-0.3, -0.25) is 4.79 Å². The second kappa shape index (κ2) is 6.35. The molecule has 0 fully saturated rings. The van der Waals surface area contributed by atoms with Crippen molar-refractivity contribution in [1.82, 2.24) is 5.32 Å². The van der Waals surface area contributed by atoms with Gasteiger partial charge >= 0.3 is 5.91 Å². The van der Waals surface area contributed by atoms with Crippen molar-refractivity contribution in [2.45, 2.75) is 6.54 Å². The molecule has 0 aliphatic carbocycles. The van der Waals surface area contributed by atoms with Crippen molar-refractivity contribution in [1.29, 1.82) is 5.26 Å². The predicted molar refractivity (Wildman–Crippen MR) is 63.6 cm³/mol. The Morgan fingerprint density at radius 2 is 1.78 bits per heavy atom. The van der Waals surface area contributed by atoms with E-state index in [2.05, 4.69) is 5.32 Å². The van der Waals surface area contributed by atoms with E-state index >= 15 is 0 Å². The van der Waals surface area contributed by atoms with Gasteiger partial charge in [-0.05, 0) is 17.7 Å². The zero-order valence-corrected chi connectivity index (χ0v) is 10.4. The smallest absolute Gasteiger partial charge is 0.322 e. The zero-order valence-electron chi connectivity index (χ0n) is 10.4. The van der Waals surface area contributed by atoms with Gasteiger partial charge in [0.2, 0.25) is 5.75 Å². The lowest BCUT2D eigenvalue weighted by Gasteiger charge is -2.14. The van der Waals surface area contributed by atoms with Gasteiger partial charge in [-0.25, -0.2) is 0 Å². The lowest BCUT2D eigenvalue weighted by molar-refractivity contribution is -0.116. The molecule has 1 aromatic rings. The molecule has 6 heteroatoms. The Balaban J connectivity index is 3.01. The van der Waals surface area contributed by atoms with E-state index in [1.807, 2.05) is 0 Å². The lowest BCUT2D eigenvalue weighted by Crippen LogP contribution is -2.20. The maximum Gasteiger partial charge on any atom is 0.322 e. The molecule has 0 radical (unpaired) electrons. The normalized spacial score (nSPS) is 9.22. The summed E-state index contributed by atoms with van der Waals surface area (Å²) in [7, 11) is 4.53. The molecule has 0 saturated heterocycles. The van der Waals surface area contributed by atoms with E-state index in [1.54, 1.807) is 12.1 Å². The Morgan fingerprint density at radius 1 is 1.22 bits per heavy atom. The summed E-state index contributed by atoms with van der Waals surface area (Å²) in [4.78, 5) is 10.9. The molecule has 18 heavy (non-hydrogen) atoms. The quantitative estimate of drug-likeness (QED) is 0.784. The summed E-state index contributed by atoms with van der Waals surface area (Å²) in [5, 5.41) is 10.8. The van der Waals surface area contributed by atoms with Crippen LogP contribution < -0.4 is 19.5 Å². The summed E-state index contributed by atoms with van der Waals surface area (Å²) >= 11 is 0. The summed E-state index contributed by atoms with van der Waals surface area (Å²) in [5.74, 6) is 0.787. The van der Waals surface area contributed by atoms with E-state index in [1.165, 1.54) is 27.4 Å². The molecule has 0 aliphatic heterocycles. The second-order valence-corrected chi connectivity index (χ2v) is 3.33. The highest BCUT2D eigenvalue weighted by Gasteiger charge is 2.13. The molecule has 0 atom stereocenters. The van der Waals surface area contributed by atoms with E-state index in [-0.39, 0.29) is 6.54 Å². The number of amides is 1. The maximum absolute atomic E-state index is 10.9.